The summed E-state index contributed by atoms with van der Waals surface area (Å²) in [6.07, 6.45) is -5.91. The SMILES string of the molecule is COc1cc(F)c(-c2c3cc(F)c(F)cc3c(-c3c(F)c(F)c(C(F)(F)F)c(F)c3F)c3c(F)cccc23)c(F)c1. The van der Waals surface area contributed by atoms with Crippen LogP contribution in [0.15, 0.2) is 42.5 Å². The first-order valence-corrected chi connectivity index (χ1v) is 11.2. The molecule has 5 aromatic carbocycles. The molecule has 5 aromatic rings. The van der Waals surface area contributed by atoms with Gasteiger partial charge in [0.1, 0.15) is 28.8 Å². The van der Waals surface area contributed by atoms with Crippen molar-refractivity contribution < 1.29 is 57.4 Å². The van der Waals surface area contributed by atoms with Gasteiger partial charge in [0.15, 0.2) is 34.9 Å². The Bertz CT molecular complexity index is 1860. The predicted octanol–water partition coefficient (Wildman–Crippen LogP) is 9.61. The van der Waals surface area contributed by atoms with Crippen molar-refractivity contribution in [3.8, 4) is 28.0 Å². The summed E-state index contributed by atoms with van der Waals surface area (Å²) in [7, 11) is 1.08. The van der Waals surface area contributed by atoms with Crippen LogP contribution in [-0.2, 0) is 6.18 Å². The normalized spacial score (nSPS) is 12.0. The molecule has 0 radical (unpaired) electrons. The number of hydrogen-bond acceptors (Lipinski definition) is 1. The molecule has 0 amide bonds. The van der Waals surface area contributed by atoms with Crippen LogP contribution in [0.25, 0.3) is 43.8 Å². The van der Waals surface area contributed by atoms with E-state index in [0.717, 1.165) is 19.2 Å². The fourth-order valence-electron chi connectivity index (χ4n) is 4.76. The van der Waals surface area contributed by atoms with Crippen LogP contribution in [0.1, 0.15) is 5.56 Å². The van der Waals surface area contributed by atoms with Crippen molar-refractivity contribution in [2.24, 2.45) is 0 Å². The second kappa shape index (κ2) is 9.60. The maximum absolute atomic E-state index is 15.4. The lowest BCUT2D eigenvalue weighted by Gasteiger charge is -2.21. The van der Waals surface area contributed by atoms with Crippen molar-refractivity contribution in [1.29, 1.82) is 0 Å². The Labute approximate surface area is 221 Å². The Morgan fingerprint density at radius 3 is 1.51 bits per heavy atom. The monoisotopic (exact) mass is 590 g/mol. The van der Waals surface area contributed by atoms with E-state index in [1.807, 2.05) is 0 Å². The second-order valence-corrected chi connectivity index (χ2v) is 8.69. The van der Waals surface area contributed by atoms with Crippen LogP contribution in [-0.4, -0.2) is 7.11 Å². The molecule has 0 saturated heterocycles. The lowest BCUT2D eigenvalue weighted by Crippen LogP contribution is -2.16. The first kappa shape index (κ1) is 28.1. The van der Waals surface area contributed by atoms with Crippen LogP contribution in [0.4, 0.5) is 52.7 Å². The van der Waals surface area contributed by atoms with Crippen molar-refractivity contribution >= 4 is 21.5 Å². The summed E-state index contributed by atoms with van der Waals surface area (Å²) in [5.41, 5.74) is -7.72. The first-order valence-electron chi connectivity index (χ1n) is 11.2. The number of benzene rings is 5. The van der Waals surface area contributed by atoms with Crippen molar-refractivity contribution in [3.63, 3.8) is 0 Å². The highest BCUT2D eigenvalue weighted by Gasteiger charge is 2.43. The topological polar surface area (TPSA) is 9.23 Å². The smallest absolute Gasteiger partial charge is 0.422 e. The average Bonchev–Trinajstić information content (AvgIpc) is 2.88. The molecule has 0 N–H and O–H groups in total. The van der Waals surface area contributed by atoms with E-state index < -0.39 is 108 Å². The van der Waals surface area contributed by atoms with E-state index in [9.17, 15) is 30.7 Å². The molecule has 0 fully saturated rings. The third-order valence-corrected chi connectivity index (χ3v) is 6.43. The third kappa shape index (κ3) is 4.21. The Balaban J connectivity index is 2.10. The highest BCUT2D eigenvalue weighted by Crippen LogP contribution is 2.49. The Kier molecular flexibility index (Phi) is 6.58. The number of alkyl halides is 3. The molecular formula is C28H10F12O. The molecule has 0 heterocycles. The Hall–Kier alpha value is -4.42. The second-order valence-electron chi connectivity index (χ2n) is 8.69. The third-order valence-electron chi connectivity index (χ3n) is 6.43. The molecule has 1 nitrogen and oxygen atoms in total. The molecule has 5 rings (SSSR count). The van der Waals surface area contributed by atoms with Gasteiger partial charge in [-0.15, -0.1) is 0 Å². The fraction of sp³-hybridized carbons (Fsp3) is 0.0714. The van der Waals surface area contributed by atoms with E-state index in [2.05, 4.69) is 0 Å². The van der Waals surface area contributed by atoms with Crippen molar-refractivity contribution in [3.05, 3.63) is 100 Å². The molecule has 13 heteroatoms. The van der Waals surface area contributed by atoms with Crippen molar-refractivity contribution in [2.75, 3.05) is 7.11 Å². The Morgan fingerprint density at radius 2 is 1.02 bits per heavy atom. The zero-order valence-corrected chi connectivity index (χ0v) is 20.0. The number of fused-ring (bicyclic) bond motifs is 2. The average molecular weight is 590 g/mol. The first-order chi connectivity index (χ1) is 19.2. The lowest BCUT2D eigenvalue weighted by molar-refractivity contribution is -0.143. The van der Waals surface area contributed by atoms with E-state index in [1.165, 1.54) is 0 Å². The largest absolute Gasteiger partial charge is 0.497 e. The molecule has 0 atom stereocenters. The fourth-order valence-corrected chi connectivity index (χ4v) is 4.76. The summed E-state index contributed by atoms with van der Waals surface area (Å²) < 4.78 is 179. The minimum Gasteiger partial charge on any atom is -0.497 e. The van der Waals surface area contributed by atoms with Gasteiger partial charge in [-0.3, -0.25) is 0 Å². The van der Waals surface area contributed by atoms with Crippen LogP contribution < -0.4 is 4.74 Å². The zero-order valence-electron chi connectivity index (χ0n) is 20.0. The van der Waals surface area contributed by atoms with Gasteiger partial charge >= 0.3 is 6.18 Å². The maximum atomic E-state index is 15.4. The maximum Gasteiger partial charge on any atom is 0.422 e. The summed E-state index contributed by atoms with van der Waals surface area (Å²) in [6, 6.07) is 4.43. The van der Waals surface area contributed by atoms with Crippen LogP contribution in [0.3, 0.4) is 0 Å². The van der Waals surface area contributed by atoms with E-state index in [4.69, 9.17) is 4.74 Å². The Morgan fingerprint density at radius 1 is 0.512 bits per heavy atom. The van der Waals surface area contributed by atoms with Gasteiger partial charge in [0.05, 0.1) is 18.2 Å². The lowest BCUT2D eigenvalue weighted by atomic mass is 9.84. The van der Waals surface area contributed by atoms with Crippen molar-refractivity contribution in [2.45, 2.75) is 6.18 Å². The molecule has 0 spiro atoms. The summed E-state index contributed by atoms with van der Waals surface area (Å²) in [6.45, 7) is 0. The standard InChI is InChI=1S/C28H10F12O/c1-41-9-5-16(32)21(17(33)6-9)18-10-3-2-4-13(29)19(10)20(12-8-15(31)14(30)7-11(12)18)22-24(34)26(36)23(28(38,39)40)27(37)25(22)35/h2-8H,1H3. The predicted molar refractivity (Wildman–Crippen MR) is 124 cm³/mol. The van der Waals surface area contributed by atoms with Gasteiger partial charge in [0, 0.05) is 28.6 Å². The zero-order chi connectivity index (χ0) is 30.1. The summed E-state index contributed by atoms with van der Waals surface area (Å²) in [4.78, 5) is 0. The molecule has 0 aliphatic heterocycles. The molecule has 0 unspecified atom stereocenters. The van der Waals surface area contributed by atoms with Crippen molar-refractivity contribution in [1.82, 2.24) is 0 Å². The highest BCUT2D eigenvalue weighted by atomic mass is 19.4. The molecule has 0 aliphatic rings. The van der Waals surface area contributed by atoms with E-state index >= 15 is 22.0 Å². The van der Waals surface area contributed by atoms with Gasteiger partial charge in [0.25, 0.3) is 0 Å². The molecule has 0 aliphatic carbocycles. The molecule has 41 heavy (non-hydrogen) atoms. The quantitative estimate of drug-likeness (QED) is 0.116. The van der Waals surface area contributed by atoms with Crippen LogP contribution in [0.5, 0.6) is 5.75 Å². The van der Waals surface area contributed by atoms with Gasteiger partial charge in [0.2, 0.25) is 0 Å². The number of rotatable bonds is 3. The number of ether oxygens (including phenoxy) is 1. The van der Waals surface area contributed by atoms with E-state index in [-0.39, 0.29) is 11.8 Å². The number of hydrogen-bond donors (Lipinski definition) is 0. The van der Waals surface area contributed by atoms with Gasteiger partial charge in [-0.05, 0) is 34.4 Å². The molecule has 0 saturated carbocycles. The number of methoxy groups -OCH3 is 1. The molecule has 0 aromatic heterocycles. The van der Waals surface area contributed by atoms with Crippen LogP contribution in [0, 0.1) is 52.4 Å². The van der Waals surface area contributed by atoms with E-state index in [0.29, 0.717) is 24.3 Å². The van der Waals surface area contributed by atoms with Gasteiger partial charge in [-0.1, -0.05) is 12.1 Å². The van der Waals surface area contributed by atoms with Gasteiger partial charge in [-0.25, -0.2) is 39.5 Å². The minimum atomic E-state index is -5.91. The summed E-state index contributed by atoms with van der Waals surface area (Å²) in [5.74, 6) is -19.0. The summed E-state index contributed by atoms with van der Waals surface area (Å²) >= 11 is 0. The molecule has 212 valence electrons. The minimum absolute atomic E-state index is 0.196. The number of halogens is 12. The summed E-state index contributed by atoms with van der Waals surface area (Å²) in [5, 5.41) is -3.32. The van der Waals surface area contributed by atoms with Gasteiger partial charge in [-0.2, -0.15) is 13.2 Å². The highest BCUT2D eigenvalue weighted by molar-refractivity contribution is 6.21. The van der Waals surface area contributed by atoms with E-state index in [1.54, 1.807) is 0 Å². The molecular weight excluding hydrogens is 580 g/mol. The molecule has 0 bridgehead atoms. The van der Waals surface area contributed by atoms with Crippen LogP contribution in [0.2, 0.25) is 0 Å². The van der Waals surface area contributed by atoms with Gasteiger partial charge < -0.3 is 4.74 Å². The van der Waals surface area contributed by atoms with Crippen LogP contribution >= 0.6 is 0 Å².